The summed E-state index contributed by atoms with van der Waals surface area (Å²) in [4.78, 5) is 30.6. The summed E-state index contributed by atoms with van der Waals surface area (Å²) in [5.74, 6) is -0.701. The van der Waals surface area contributed by atoms with E-state index in [9.17, 15) is 14.7 Å². The van der Waals surface area contributed by atoms with E-state index in [-0.39, 0.29) is 18.6 Å². The van der Waals surface area contributed by atoms with Gasteiger partial charge in [-0.3, -0.25) is 4.79 Å². The Balaban J connectivity index is 1.81. The molecule has 30 heavy (non-hydrogen) atoms. The molecule has 0 saturated carbocycles. The van der Waals surface area contributed by atoms with E-state index in [2.05, 4.69) is 32.0 Å². The molecule has 0 bridgehead atoms. The molecule has 2 aliphatic rings. The summed E-state index contributed by atoms with van der Waals surface area (Å²) in [7, 11) is 0. The van der Waals surface area contributed by atoms with Crippen molar-refractivity contribution in [2.24, 2.45) is 0 Å². The summed E-state index contributed by atoms with van der Waals surface area (Å²) in [5, 5.41) is 12.1. The van der Waals surface area contributed by atoms with Gasteiger partial charge in [-0.2, -0.15) is 0 Å². The lowest BCUT2D eigenvalue weighted by atomic mass is 9.86. The lowest BCUT2D eigenvalue weighted by Crippen LogP contribution is -2.44. The zero-order valence-corrected chi connectivity index (χ0v) is 17.4. The molecule has 2 aliphatic heterocycles. The number of aromatic nitrogens is 2. The van der Waals surface area contributed by atoms with Crippen molar-refractivity contribution in [1.82, 2.24) is 9.55 Å². The first-order valence-corrected chi connectivity index (χ1v) is 10.5. The number of aryl methyl sites for hydroxylation is 2. The van der Waals surface area contributed by atoms with Gasteiger partial charge in [0, 0.05) is 16.5 Å². The van der Waals surface area contributed by atoms with Crippen LogP contribution in [0.2, 0.25) is 0 Å². The number of fused-ring (bicyclic) bond motifs is 5. The minimum atomic E-state index is -1.80. The Morgan fingerprint density at radius 1 is 1.13 bits per heavy atom. The number of rotatable bonds is 3. The highest BCUT2D eigenvalue weighted by atomic mass is 16.6. The fraction of sp³-hybridized carbons (Fsp3) is 0.375. The first kappa shape index (κ1) is 19.0. The summed E-state index contributed by atoms with van der Waals surface area (Å²) in [6, 6.07) is 8.20. The molecule has 0 amide bonds. The largest absolute Gasteiger partial charge is 0.458 e. The third kappa shape index (κ3) is 2.37. The lowest BCUT2D eigenvalue weighted by Gasteiger charge is -2.31. The summed E-state index contributed by atoms with van der Waals surface area (Å²) in [6.45, 7) is 6.26. The molecule has 0 unspecified atom stereocenters. The van der Waals surface area contributed by atoms with Gasteiger partial charge in [-0.15, -0.1) is 0 Å². The molecule has 0 radical (unpaired) electrons. The maximum absolute atomic E-state index is 13.3. The van der Waals surface area contributed by atoms with Gasteiger partial charge >= 0.3 is 5.97 Å². The van der Waals surface area contributed by atoms with Crippen molar-refractivity contribution in [3.63, 3.8) is 0 Å². The number of hydrogen-bond donors (Lipinski definition) is 1. The molecule has 1 N–H and O–H groups in total. The Morgan fingerprint density at radius 2 is 1.87 bits per heavy atom. The Labute approximate surface area is 174 Å². The predicted molar refractivity (Wildman–Crippen MR) is 113 cm³/mol. The number of benzene rings is 1. The predicted octanol–water partition coefficient (Wildman–Crippen LogP) is 3.20. The van der Waals surface area contributed by atoms with Crippen molar-refractivity contribution in [3.8, 4) is 11.4 Å². The van der Waals surface area contributed by atoms with E-state index in [1.165, 1.54) is 5.56 Å². The average Bonchev–Trinajstić information content (AvgIpc) is 3.12. The van der Waals surface area contributed by atoms with E-state index in [4.69, 9.17) is 9.72 Å². The van der Waals surface area contributed by atoms with E-state index in [0.29, 0.717) is 23.4 Å². The van der Waals surface area contributed by atoms with Crippen molar-refractivity contribution in [2.45, 2.75) is 58.8 Å². The number of nitrogens with zero attached hydrogens (tertiary/aromatic N) is 2. The second-order valence-electron chi connectivity index (χ2n) is 8.09. The summed E-state index contributed by atoms with van der Waals surface area (Å²) < 4.78 is 6.82. The minimum absolute atomic E-state index is 0.110. The molecule has 0 fully saturated rings. The first-order chi connectivity index (χ1) is 14.4. The van der Waals surface area contributed by atoms with E-state index in [0.717, 1.165) is 40.6 Å². The fourth-order valence-electron chi connectivity index (χ4n) is 4.77. The molecule has 5 rings (SSSR count). The summed E-state index contributed by atoms with van der Waals surface area (Å²) >= 11 is 0. The van der Waals surface area contributed by atoms with Crippen LogP contribution in [0.25, 0.3) is 22.3 Å². The van der Waals surface area contributed by atoms with Gasteiger partial charge in [0.15, 0.2) is 5.60 Å². The summed E-state index contributed by atoms with van der Waals surface area (Å²) in [5.41, 5.74) is 4.42. The highest BCUT2D eigenvalue weighted by Crippen LogP contribution is 2.39. The Morgan fingerprint density at radius 3 is 2.57 bits per heavy atom. The normalized spacial score (nSPS) is 19.4. The van der Waals surface area contributed by atoms with Crippen molar-refractivity contribution in [3.05, 3.63) is 62.4 Å². The van der Waals surface area contributed by atoms with E-state index in [1.807, 2.05) is 0 Å². The third-order valence-corrected chi connectivity index (χ3v) is 6.61. The molecular weight excluding hydrogens is 380 g/mol. The third-order valence-electron chi connectivity index (χ3n) is 6.61. The number of aliphatic hydroxyl groups is 1. The molecule has 2 aromatic heterocycles. The van der Waals surface area contributed by atoms with Crippen molar-refractivity contribution >= 4 is 16.9 Å². The zero-order chi connectivity index (χ0) is 21.2. The molecular formula is C24H24N2O4. The van der Waals surface area contributed by atoms with Crippen LogP contribution in [0.5, 0.6) is 0 Å². The van der Waals surface area contributed by atoms with Gasteiger partial charge in [-0.25, -0.2) is 9.78 Å². The second kappa shape index (κ2) is 6.51. The van der Waals surface area contributed by atoms with Crippen LogP contribution in [0, 0.1) is 0 Å². The second-order valence-corrected chi connectivity index (χ2v) is 8.09. The number of ether oxygens (including phenoxy) is 1. The van der Waals surface area contributed by atoms with Crippen LogP contribution in [0.4, 0.5) is 0 Å². The number of pyridine rings is 2. The molecule has 4 heterocycles. The van der Waals surface area contributed by atoms with Gasteiger partial charge in [0.1, 0.15) is 6.61 Å². The highest BCUT2D eigenvalue weighted by Gasteiger charge is 2.45. The van der Waals surface area contributed by atoms with Crippen molar-refractivity contribution < 1.29 is 14.6 Å². The smallest absolute Gasteiger partial charge is 0.343 e. The number of carbonyl (C=O) groups excluding carboxylic acids is 1. The maximum Gasteiger partial charge on any atom is 0.343 e. The van der Waals surface area contributed by atoms with Crippen LogP contribution in [-0.2, 0) is 41.1 Å². The van der Waals surface area contributed by atoms with Gasteiger partial charge in [0.2, 0.25) is 0 Å². The fourth-order valence-corrected chi connectivity index (χ4v) is 4.77. The van der Waals surface area contributed by atoms with Crippen LogP contribution >= 0.6 is 0 Å². The molecule has 1 aromatic carbocycles. The lowest BCUT2D eigenvalue weighted by molar-refractivity contribution is -0.172. The topological polar surface area (TPSA) is 81.4 Å². The molecule has 154 valence electrons. The van der Waals surface area contributed by atoms with Crippen LogP contribution in [0.3, 0.4) is 0 Å². The van der Waals surface area contributed by atoms with E-state index >= 15 is 0 Å². The van der Waals surface area contributed by atoms with Gasteiger partial charge in [-0.1, -0.05) is 32.9 Å². The van der Waals surface area contributed by atoms with Crippen LogP contribution in [0.15, 0.2) is 29.1 Å². The number of esters is 1. The van der Waals surface area contributed by atoms with Gasteiger partial charge < -0.3 is 14.4 Å². The van der Waals surface area contributed by atoms with Crippen LogP contribution < -0.4 is 5.56 Å². The number of hydrogen-bond acceptors (Lipinski definition) is 5. The quantitative estimate of drug-likeness (QED) is 0.531. The molecule has 6 nitrogen and oxygen atoms in total. The molecule has 1 atom stereocenters. The minimum Gasteiger partial charge on any atom is -0.458 e. The van der Waals surface area contributed by atoms with E-state index in [1.54, 1.807) is 17.6 Å². The Hall–Kier alpha value is -2.99. The SMILES string of the molecule is CCc1ccc(CC)c2nc3c(cc12)Cn1c-3cc2c(c1=O)COC(=O)[C@]2(O)CC. The highest BCUT2D eigenvalue weighted by molar-refractivity contribution is 5.90. The standard InChI is InChI=1S/C24H24N2O4/c1-4-13-7-8-14(5-2)20-16(13)9-15-11-26-19(21(15)25-20)10-18-17(22(26)27)12-30-23(28)24(18,29)6-3/h7-10,29H,4-6,11-12H2,1-3H3/t24-/m0/s1. The van der Waals surface area contributed by atoms with Crippen molar-refractivity contribution in [1.29, 1.82) is 0 Å². The molecule has 0 saturated heterocycles. The first-order valence-electron chi connectivity index (χ1n) is 10.5. The average molecular weight is 404 g/mol. The number of carbonyl (C=O) groups is 1. The van der Waals surface area contributed by atoms with Crippen molar-refractivity contribution in [2.75, 3.05) is 0 Å². The monoisotopic (exact) mass is 404 g/mol. The Kier molecular flexibility index (Phi) is 4.12. The van der Waals surface area contributed by atoms with Gasteiger partial charge in [-0.05, 0) is 42.5 Å². The van der Waals surface area contributed by atoms with Crippen LogP contribution in [-0.4, -0.2) is 20.6 Å². The summed E-state index contributed by atoms with van der Waals surface area (Å²) in [6.07, 6.45) is 1.91. The maximum atomic E-state index is 13.3. The van der Waals surface area contributed by atoms with E-state index < -0.39 is 11.6 Å². The van der Waals surface area contributed by atoms with Gasteiger partial charge in [0.25, 0.3) is 5.56 Å². The molecule has 0 spiro atoms. The number of cyclic esters (lactones) is 1. The molecule has 0 aliphatic carbocycles. The Bertz CT molecular complexity index is 1290. The zero-order valence-electron chi connectivity index (χ0n) is 17.4. The van der Waals surface area contributed by atoms with Gasteiger partial charge in [0.05, 0.1) is 29.0 Å². The molecule has 6 heteroatoms. The van der Waals surface area contributed by atoms with Crippen LogP contribution in [0.1, 0.15) is 55.0 Å². The molecule has 3 aromatic rings.